The largest absolute Gasteiger partial charge is 0.433 e. The minimum absolute atomic E-state index is 0.0144. The summed E-state index contributed by atoms with van der Waals surface area (Å²) in [5.41, 5.74) is 0.850. The summed E-state index contributed by atoms with van der Waals surface area (Å²) in [4.78, 5) is 14.3. The maximum atomic E-state index is 10.9. The van der Waals surface area contributed by atoms with E-state index in [1.165, 1.54) is 18.3 Å². The maximum absolute atomic E-state index is 10.9. The average molecular weight is 258 g/mol. The molecule has 2 aromatic rings. The van der Waals surface area contributed by atoms with Gasteiger partial charge in [-0.15, -0.1) is 0 Å². The summed E-state index contributed by atoms with van der Waals surface area (Å²) >= 11 is 0. The van der Waals surface area contributed by atoms with Crippen LogP contribution >= 0.6 is 0 Å². The number of nitrogens with zero attached hydrogens (tertiary/aromatic N) is 2. The van der Waals surface area contributed by atoms with Crippen LogP contribution in [0.3, 0.4) is 0 Å². The molecule has 0 unspecified atom stereocenters. The Labute approximate surface area is 111 Å². The minimum Gasteiger partial charge on any atom is -0.433 e. The van der Waals surface area contributed by atoms with E-state index in [1.807, 2.05) is 32.0 Å². The molecule has 0 aliphatic rings. The highest BCUT2D eigenvalue weighted by Gasteiger charge is 2.18. The van der Waals surface area contributed by atoms with Gasteiger partial charge >= 0.3 is 5.69 Å². The zero-order chi connectivity index (χ0) is 13.8. The van der Waals surface area contributed by atoms with Crippen molar-refractivity contribution >= 4 is 5.69 Å². The van der Waals surface area contributed by atoms with Crippen molar-refractivity contribution in [3.05, 3.63) is 58.3 Å². The van der Waals surface area contributed by atoms with Gasteiger partial charge in [0, 0.05) is 12.3 Å². The summed E-state index contributed by atoms with van der Waals surface area (Å²) in [5, 5.41) is 10.9. The number of hydrogen-bond donors (Lipinski definition) is 0. The summed E-state index contributed by atoms with van der Waals surface area (Å²) < 4.78 is 5.61. The standard InChI is InChI=1S/C14H14N2O3/c1-10(2)11-6-3-4-8-13(11)19-14-12(16(17)18)7-5-9-15-14/h3-10H,1-2H3. The fourth-order valence-corrected chi connectivity index (χ4v) is 1.75. The van der Waals surface area contributed by atoms with Crippen LogP contribution in [-0.2, 0) is 0 Å². The molecule has 0 atom stereocenters. The Morgan fingerprint density at radius 2 is 1.95 bits per heavy atom. The fourth-order valence-electron chi connectivity index (χ4n) is 1.75. The lowest BCUT2D eigenvalue weighted by Gasteiger charge is -2.12. The molecule has 0 spiro atoms. The molecule has 0 radical (unpaired) electrons. The van der Waals surface area contributed by atoms with Crippen LogP contribution in [0.15, 0.2) is 42.6 Å². The van der Waals surface area contributed by atoms with E-state index in [1.54, 1.807) is 6.07 Å². The molecule has 0 aliphatic carbocycles. The molecule has 0 aliphatic heterocycles. The molecule has 0 N–H and O–H groups in total. The molecule has 0 bridgehead atoms. The van der Waals surface area contributed by atoms with Crippen molar-refractivity contribution in [2.24, 2.45) is 0 Å². The molecular formula is C14H14N2O3. The average Bonchev–Trinajstić information content (AvgIpc) is 2.39. The fraction of sp³-hybridized carbons (Fsp3) is 0.214. The van der Waals surface area contributed by atoms with E-state index in [2.05, 4.69) is 4.98 Å². The first-order valence-corrected chi connectivity index (χ1v) is 5.95. The first kappa shape index (κ1) is 13.0. The van der Waals surface area contributed by atoms with Crippen molar-refractivity contribution in [1.82, 2.24) is 4.98 Å². The van der Waals surface area contributed by atoms with Crippen LogP contribution in [0.4, 0.5) is 5.69 Å². The number of nitro groups is 1. The number of para-hydroxylation sites is 1. The number of rotatable bonds is 4. The van der Waals surface area contributed by atoms with E-state index in [-0.39, 0.29) is 17.5 Å². The number of aromatic nitrogens is 1. The summed E-state index contributed by atoms with van der Waals surface area (Å²) in [6.45, 7) is 4.07. The van der Waals surface area contributed by atoms with E-state index < -0.39 is 4.92 Å². The first-order chi connectivity index (χ1) is 9.09. The van der Waals surface area contributed by atoms with Crippen LogP contribution in [0.5, 0.6) is 11.6 Å². The van der Waals surface area contributed by atoms with Crippen LogP contribution in [0.1, 0.15) is 25.3 Å². The SMILES string of the molecule is CC(C)c1ccccc1Oc1ncccc1[N+](=O)[O-]. The Balaban J connectivity index is 2.39. The van der Waals surface area contributed by atoms with Gasteiger partial charge in [0.15, 0.2) is 0 Å². The third-order valence-electron chi connectivity index (χ3n) is 2.70. The van der Waals surface area contributed by atoms with Crippen molar-refractivity contribution in [3.63, 3.8) is 0 Å². The van der Waals surface area contributed by atoms with Gasteiger partial charge in [-0.25, -0.2) is 4.98 Å². The quantitative estimate of drug-likeness (QED) is 0.616. The van der Waals surface area contributed by atoms with Gasteiger partial charge < -0.3 is 4.74 Å². The zero-order valence-corrected chi connectivity index (χ0v) is 10.7. The molecule has 1 aromatic carbocycles. The van der Waals surface area contributed by atoms with Gasteiger partial charge in [-0.05, 0) is 23.6 Å². The lowest BCUT2D eigenvalue weighted by Crippen LogP contribution is -1.98. The first-order valence-electron chi connectivity index (χ1n) is 5.95. The van der Waals surface area contributed by atoms with Crippen LogP contribution in [0.2, 0.25) is 0 Å². The molecule has 5 nitrogen and oxygen atoms in total. The summed E-state index contributed by atoms with van der Waals surface area (Å²) in [6, 6.07) is 10.4. The molecule has 98 valence electrons. The van der Waals surface area contributed by atoms with Gasteiger partial charge in [0.2, 0.25) is 0 Å². The molecular weight excluding hydrogens is 244 g/mol. The van der Waals surface area contributed by atoms with E-state index in [9.17, 15) is 10.1 Å². The van der Waals surface area contributed by atoms with Gasteiger partial charge in [-0.2, -0.15) is 0 Å². The van der Waals surface area contributed by atoms with Crippen molar-refractivity contribution < 1.29 is 9.66 Å². The van der Waals surface area contributed by atoms with Crippen molar-refractivity contribution in [1.29, 1.82) is 0 Å². The van der Waals surface area contributed by atoms with Crippen LogP contribution < -0.4 is 4.74 Å². The molecule has 0 saturated carbocycles. The molecule has 0 saturated heterocycles. The Morgan fingerprint density at radius 3 is 2.63 bits per heavy atom. The molecule has 0 fully saturated rings. The number of ether oxygens (including phenoxy) is 1. The minimum atomic E-state index is -0.500. The third-order valence-corrected chi connectivity index (χ3v) is 2.70. The summed E-state index contributed by atoms with van der Waals surface area (Å²) in [7, 11) is 0. The second kappa shape index (κ2) is 5.48. The van der Waals surface area contributed by atoms with Crippen molar-refractivity contribution in [2.75, 3.05) is 0 Å². The lowest BCUT2D eigenvalue weighted by atomic mass is 10.0. The van der Waals surface area contributed by atoms with E-state index in [4.69, 9.17) is 4.74 Å². The van der Waals surface area contributed by atoms with Gasteiger partial charge in [0.25, 0.3) is 5.88 Å². The maximum Gasteiger partial charge on any atom is 0.331 e. The molecule has 2 rings (SSSR count). The van der Waals surface area contributed by atoms with Crippen LogP contribution in [-0.4, -0.2) is 9.91 Å². The van der Waals surface area contributed by atoms with Crippen LogP contribution in [0, 0.1) is 10.1 Å². The zero-order valence-electron chi connectivity index (χ0n) is 10.7. The topological polar surface area (TPSA) is 65.3 Å². The monoisotopic (exact) mass is 258 g/mol. The number of benzene rings is 1. The highest BCUT2D eigenvalue weighted by Crippen LogP contribution is 2.33. The van der Waals surface area contributed by atoms with Crippen LogP contribution in [0.25, 0.3) is 0 Å². The second-order valence-electron chi connectivity index (χ2n) is 4.38. The predicted octanol–water partition coefficient (Wildman–Crippen LogP) is 3.91. The smallest absolute Gasteiger partial charge is 0.331 e. The highest BCUT2D eigenvalue weighted by atomic mass is 16.6. The van der Waals surface area contributed by atoms with E-state index in [0.717, 1.165) is 5.56 Å². The van der Waals surface area contributed by atoms with E-state index >= 15 is 0 Å². The predicted molar refractivity (Wildman–Crippen MR) is 71.5 cm³/mol. The normalized spacial score (nSPS) is 10.5. The van der Waals surface area contributed by atoms with Gasteiger partial charge in [0.1, 0.15) is 5.75 Å². The molecule has 0 amide bonds. The Hall–Kier alpha value is -2.43. The Kier molecular flexibility index (Phi) is 3.75. The lowest BCUT2D eigenvalue weighted by molar-refractivity contribution is -0.386. The molecule has 1 aromatic heterocycles. The van der Waals surface area contributed by atoms with Gasteiger partial charge in [-0.3, -0.25) is 10.1 Å². The van der Waals surface area contributed by atoms with Crippen molar-refractivity contribution in [3.8, 4) is 11.6 Å². The summed E-state index contributed by atoms with van der Waals surface area (Å²) in [5.74, 6) is 0.874. The van der Waals surface area contributed by atoms with Gasteiger partial charge in [-0.1, -0.05) is 32.0 Å². The highest BCUT2D eigenvalue weighted by molar-refractivity contribution is 5.45. The Morgan fingerprint density at radius 1 is 1.21 bits per heavy atom. The van der Waals surface area contributed by atoms with E-state index in [0.29, 0.717) is 5.75 Å². The molecule has 1 heterocycles. The van der Waals surface area contributed by atoms with Gasteiger partial charge in [0.05, 0.1) is 4.92 Å². The summed E-state index contributed by atoms with van der Waals surface area (Å²) in [6.07, 6.45) is 1.47. The van der Waals surface area contributed by atoms with Crippen molar-refractivity contribution in [2.45, 2.75) is 19.8 Å². The Bertz CT molecular complexity index is 597. The number of pyridine rings is 1. The molecule has 5 heteroatoms. The third kappa shape index (κ3) is 2.88. The molecule has 19 heavy (non-hydrogen) atoms. The number of hydrogen-bond acceptors (Lipinski definition) is 4. The second-order valence-corrected chi connectivity index (χ2v) is 4.38.